The molecule has 0 radical (unpaired) electrons. The van der Waals surface area contributed by atoms with Crippen LogP contribution in [-0.4, -0.2) is 40.5 Å². The van der Waals surface area contributed by atoms with E-state index in [1.165, 1.54) is 23.7 Å². The van der Waals surface area contributed by atoms with Gasteiger partial charge in [-0.3, -0.25) is 4.79 Å². The number of rotatable bonds is 10. The van der Waals surface area contributed by atoms with Gasteiger partial charge in [0.1, 0.15) is 6.04 Å². The highest BCUT2D eigenvalue weighted by atomic mass is 35.5. The number of hydrogen-bond donors (Lipinski definition) is 3. The van der Waals surface area contributed by atoms with E-state index in [0.29, 0.717) is 23.3 Å². The van der Waals surface area contributed by atoms with Crippen LogP contribution in [0.15, 0.2) is 45.9 Å². The molecule has 0 spiro atoms. The molecular formula is C20H30Cl2NO6PS3. The van der Waals surface area contributed by atoms with Crippen LogP contribution in [0, 0.1) is 5.92 Å². The lowest BCUT2D eigenvalue weighted by molar-refractivity contribution is -0.139. The third-order valence-corrected chi connectivity index (χ3v) is 11.2. The van der Waals surface area contributed by atoms with Crippen molar-refractivity contribution >= 4 is 69.8 Å². The van der Waals surface area contributed by atoms with E-state index < -0.39 is 17.7 Å². The lowest BCUT2D eigenvalue weighted by Gasteiger charge is -2.19. The van der Waals surface area contributed by atoms with E-state index in [2.05, 4.69) is 4.42 Å². The summed E-state index contributed by atoms with van der Waals surface area (Å²) < 4.78 is 15.5. The van der Waals surface area contributed by atoms with Crippen molar-refractivity contribution in [3.8, 4) is 5.95 Å². The van der Waals surface area contributed by atoms with Crippen LogP contribution in [-0.2, 0) is 25.6 Å². The number of halogens is 2. The molecule has 1 heterocycles. The molecule has 0 unspecified atom stereocenters. The van der Waals surface area contributed by atoms with E-state index in [1.54, 1.807) is 43.8 Å². The number of nitrogens with two attached hydrogens (primary N) is 1. The zero-order valence-electron chi connectivity index (χ0n) is 18.8. The van der Waals surface area contributed by atoms with E-state index in [1.807, 2.05) is 19.9 Å². The van der Waals surface area contributed by atoms with Crippen LogP contribution < -0.4 is 5.73 Å². The molecule has 0 bridgehead atoms. The molecule has 0 saturated heterocycles. The molecule has 0 aliphatic heterocycles. The molecule has 1 atom stereocenters. The molecule has 0 fully saturated rings. The van der Waals surface area contributed by atoms with Gasteiger partial charge >= 0.3 is 5.97 Å². The van der Waals surface area contributed by atoms with Crippen molar-refractivity contribution in [3.63, 3.8) is 0 Å². The topological polar surface area (TPSA) is 115 Å². The van der Waals surface area contributed by atoms with Crippen LogP contribution in [0.5, 0.6) is 5.95 Å². The highest BCUT2D eigenvalue weighted by Gasteiger charge is 2.19. The standard InChI is InChI=1S/C11H15Cl2O2PS3.C5H11NO2.C4H4O2/c1-3-14-16(17,15-4-2)19-8-18-11-7-9(12)5-6-10(11)13;1-3(2)4(6)5(7)8;5-4-2-1-3-6-4/h5-7H,3-4,8H2,1-2H3;3-4H,6H2,1-2H3,(H,7,8);1-3,5H/t;4-;/m.0./s1. The number of hydrogen-bond acceptors (Lipinski definition) is 9. The fourth-order valence-electron chi connectivity index (χ4n) is 1.73. The van der Waals surface area contributed by atoms with Gasteiger partial charge in [-0.25, -0.2) is 0 Å². The first-order chi connectivity index (χ1) is 15.5. The number of aromatic hydroxyl groups is 1. The molecule has 1 aromatic heterocycles. The summed E-state index contributed by atoms with van der Waals surface area (Å²) in [5.41, 5.74) is 2.93. The third kappa shape index (κ3) is 15.2. The largest absolute Gasteiger partial charge is 0.481 e. The predicted molar refractivity (Wildman–Crippen MR) is 143 cm³/mol. The second-order valence-electron chi connectivity index (χ2n) is 6.31. The van der Waals surface area contributed by atoms with E-state index in [9.17, 15) is 4.79 Å². The predicted octanol–water partition coefficient (Wildman–Crippen LogP) is 7.11. The van der Waals surface area contributed by atoms with Gasteiger partial charge in [0.15, 0.2) is 0 Å². The Morgan fingerprint density at radius 1 is 1.24 bits per heavy atom. The first kappa shape index (κ1) is 32.6. The van der Waals surface area contributed by atoms with E-state index in [-0.39, 0.29) is 11.9 Å². The summed E-state index contributed by atoms with van der Waals surface area (Å²) in [4.78, 5) is 11.0. The summed E-state index contributed by atoms with van der Waals surface area (Å²) in [7, 11) is 0. The van der Waals surface area contributed by atoms with Crippen LogP contribution >= 0.6 is 52.0 Å². The van der Waals surface area contributed by atoms with Crippen molar-refractivity contribution in [2.75, 3.05) is 18.3 Å². The van der Waals surface area contributed by atoms with Crippen LogP contribution in [0.25, 0.3) is 0 Å². The first-order valence-electron chi connectivity index (χ1n) is 9.78. The molecule has 0 aliphatic carbocycles. The van der Waals surface area contributed by atoms with Gasteiger partial charge in [-0.05, 0) is 55.8 Å². The summed E-state index contributed by atoms with van der Waals surface area (Å²) in [6, 6.07) is 7.79. The Labute approximate surface area is 218 Å². The number of furan rings is 1. The number of carboxylic acid groups (broad SMARTS) is 1. The maximum atomic E-state index is 10.0. The fraction of sp³-hybridized carbons (Fsp3) is 0.450. The molecule has 4 N–H and O–H groups in total. The van der Waals surface area contributed by atoms with Gasteiger partial charge in [0, 0.05) is 16.0 Å². The second-order valence-corrected chi connectivity index (χ2v) is 14.8. The Balaban J connectivity index is 0.000000595. The van der Waals surface area contributed by atoms with Crippen molar-refractivity contribution in [2.45, 2.75) is 38.6 Å². The molecule has 1 aromatic carbocycles. The van der Waals surface area contributed by atoms with Crippen LogP contribution in [0.3, 0.4) is 0 Å². The molecule has 2 rings (SSSR count). The summed E-state index contributed by atoms with van der Waals surface area (Å²) >= 11 is 20.6. The minimum atomic E-state index is -2.23. The minimum absolute atomic E-state index is 0.0208. The highest BCUT2D eigenvalue weighted by molar-refractivity contribution is 8.69. The lowest BCUT2D eigenvalue weighted by atomic mass is 10.1. The summed E-state index contributed by atoms with van der Waals surface area (Å²) in [6.45, 7) is 8.51. The fourth-order valence-corrected chi connectivity index (χ4v) is 9.26. The Morgan fingerprint density at radius 3 is 2.21 bits per heavy atom. The van der Waals surface area contributed by atoms with Gasteiger partial charge < -0.3 is 29.4 Å². The van der Waals surface area contributed by atoms with Gasteiger partial charge in [-0.15, -0.1) is 11.8 Å². The average Bonchev–Trinajstić information content (AvgIpc) is 3.22. The molecule has 0 amide bonds. The van der Waals surface area contributed by atoms with Gasteiger partial charge in [0.2, 0.25) is 5.69 Å². The summed E-state index contributed by atoms with van der Waals surface area (Å²) in [5, 5.41) is 18.6. The highest BCUT2D eigenvalue weighted by Crippen LogP contribution is 2.62. The van der Waals surface area contributed by atoms with Crippen LogP contribution in [0.4, 0.5) is 0 Å². The number of carboxylic acids is 1. The number of benzene rings is 1. The van der Waals surface area contributed by atoms with E-state index in [0.717, 1.165) is 9.98 Å². The van der Waals surface area contributed by atoms with Gasteiger partial charge in [-0.2, -0.15) is 0 Å². The molecule has 0 aliphatic rings. The SMILES string of the molecule is CC(C)[C@H](N)C(=O)O.CCOP(=S)(OCC)SCSc1cc(Cl)ccc1Cl.Oc1ccco1. The Morgan fingerprint density at radius 2 is 1.85 bits per heavy atom. The van der Waals surface area contributed by atoms with Gasteiger partial charge in [0.25, 0.3) is 5.95 Å². The maximum absolute atomic E-state index is 10.0. The number of carbonyl (C=O) groups is 1. The van der Waals surface area contributed by atoms with E-state index in [4.69, 9.17) is 60.0 Å². The molecule has 13 heteroatoms. The van der Waals surface area contributed by atoms with Gasteiger partial charge in [0.05, 0.1) is 29.6 Å². The van der Waals surface area contributed by atoms with Crippen LogP contribution in [0.1, 0.15) is 27.7 Å². The molecule has 7 nitrogen and oxygen atoms in total. The first-order valence-corrected chi connectivity index (χ1v) is 15.7. The maximum Gasteiger partial charge on any atom is 0.320 e. The van der Waals surface area contributed by atoms with E-state index >= 15 is 0 Å². The smallest absolute Gasteiger partial charge is 0.320 e. The van der Waals surface area contributed by atoms with Crippen LogP contribution in [0.2, 0.25) is 10.0 Å². The van der Waals surface area contributed by atoms with Crippen molar-refractivity contribution in [1.82, 2.24) is 0 Å². The number of thioether (sulfide) groups is 1. The number of aliphatic carboxylic acids is 1. The Bertz CT molecular complexity index is 848. The zero-order chi connectivity index (χ0) is 25.4. The summed E-state index contributed by atoms with van der Waals surface area (Å²) in [6.07, 6.45) is 1.41. The Kier molecular flexibility index (Phi) is 17.7. The summed E-state index contributed by atoms with van der Waals surface area (Å²) in [5.74, 6) is -0.942. The average molecular weight is 579 g/mol. The Hall–Kier alpha value is -0.420. The molecule has 188 valence electrons. The monoisotopic (exact) mass is 577 g/mol. The van der Waals surface area contributed by atoms with Crippen molar-refractivity contribution in [3.05, 3.63) is 46.6 Å². The minimum Gasteiger partial charge on any atom is -0.481 e. The normalized spacial score (nSPS) is 11.8. The van der Waals surface area contributed by atoms with Crippen molar-refractivity contribution in [2.24, 2.45) is 11.7 Å². The lowest BCUT2D eigenvalue weighted by Crippen LogP contribution is -2.34. The molecular weight excluding hydrogens is 548 g/mol. The quantitative estimate of drug-likeness (QED) is 0.153. The van der Waals surface area contributed by atoms with Crippen molar-refractivity contribution < 1.29 is 28.5 Å². The zero-order valence-corrected chi connectivity index (χ0v) is 23.6. The molecule has 2 aromatic rings. The molecule has 33 heavy (non-hydrogen) atoms. The third-order valence-electron chi connectivity index (χ3n) is 3.40. The molecule has 0 saturated carbocycles. The second kappa shape index (κ2) is 17.9. The van der Waals surface area contributed by atoms with Gasteiger partial charge in [-0.1, -0.05) is 48.4 Å². The van der Waals surface area contributed by atoms with Crippen molar-refractivity contribution in [1.29, 1.82) is 0 Å².